The molecule has 0 aromatic heterocycles. The molecule has 6 heteroatoms. The molecule has 3 aliphatic heterocycles. The van der Waals surface area contributed by atoms with Crippen LogP contribution in [0.25, 0.3) is 0 Å². The summed E-state index contributed by atoms with van der Waals surface area (Å²) in [5, 5.41) is 10.8. The first-order valence-corrected chi connectivity index (χ1v) is 35.7. The van der Waals surface area contributed by atoms with E-state index in [9.17, 15) is 0 Å². The molecule has 0 radical (unpaired) electrons. The summed E-state index contributed by atoms with van der Waals surface area (Å²) in [5.74, 6) is 0. The molecule has 0 amide bonds. The quantitative estimate of drug-likeness (QED) is 0.0892. The van der Waals surface area contributed by atoms with Crippen molar-refractivity contribution in [2.75, 3.05) is 14.7 Å². The number of nitrogens with zero attached hydrogens (tertiary/aromatic N) is 3. The number of benzene rings is 12. The molecule has 0 saturated heterocycles. The minimum absolute atomic E-state index is 0.0380. The first-order chi connectivity index (χ1) is 43.2. The van der Waals surface area contributed by atoms with Crippen molar-refractivity contribution in [1.82, 2.24) is 0 Å². The Hall–Kier alpha value is -9.46. The maximum absolute atomic E-state index is 2.88. The number of rotatable bonds is 12. The van der Waals surface area contributed by atoms with E-state index in [1.165, 1.54) is 117 Å². The standard InChI is InChI=1S/C82H70BN3Si2/c1-59-40-43-63(44-41-59)85-76-53-42-60(2)56-75(76)83-74-39-25-38-73-80(74)86(82(4)55-24-23-54-81(73,82)3)78-58-64(57-77(85)79(78)83)84(61-45-49-71(50-46-61)87(65-26-11-5-12-27-65,66-28-13-6-14-29-66)67-30-15-7-16-31-67)62-47-51-72(52-48-62)88(68-32-17-8-18-33-68,69-34-19-9-20-35-69)70-36-21-10-22-37-70/h5-22,25-53,56-58H,23-24,54-55H2,1-4H3. The maximum atomic E-state index is 2.88. The summed E-state index contributed by atoms with van der Waals surface area (Å²) < 4.78 is 0. The van der Waals surface area contributed by atoms with Crippen LogP contribution in [0.15, 0.2) is 303 Å². The molecule has 2 unspecified atom stereocenters. The molecule has 1 saturated carbocycles. The molecule has 4 aliphatic rings. The molecule has 0 spiro atoms. The van der Waals surface area contributed by atoms with Gasteiger partial charge in [0.15, 0.2) is 16.1 Å². The van der Waals surface area contributed by atoms with Crippen LogP contribution in [-0.2, 0) is 5.41 Å². The maximum Gasteiger partial charge on any atom is 0.252 e. The molecule has 12 aromatic rings. The van der Waals surface area contributed by atoms with Crippen LogP contribution in [0.2, 0.25) is 0 Å². The molecule has 424 valence electrons. The highest BCUT2D eigenvalue weighted by atomic mass is 28.3. The Kier molecular flexibility index (Phi) is 13.0. The predicted molar refractivity (Wildman–Crippen MR) is 380 cm³/mol. The zero-order valence-electron chi connectivity index (χ0n) is 50.6. The molecule has 16 rings (SSSR count). The largest absolute Gasteiger partial charge is 0.335 e. The Morgan fingerprint density at radius 1 is 0.364 bits per heavy atom. The van der Waals surface area contributed by atoms with Crippen molar-refractivity contribution >= 4 is 126 Å². The summed E-state index contributed by atoms with van der Waals surface area (Å²) in [6.07, 6.45) is 4.73. The van der Waals surface area contributed by atoms with Crippen molar-refractivity contribution in [1.29, 1.82) is 0 Å². The van der Waals surface area contributed by atoms with Gasteiger partial charge in [0.25, 0.3) is 6.71 Å². The smallest absolute Gasteiger partial charge is 0.252 e. The normalized spacial score (nSPS) is 17.2. The number of anilines is 8. The molecular formula is C82H70BN3Si2. The van der Waals surface area contributed by atoms with Crippen molar-refractivity contribution in [3.05, 3.63) is 320 Å². The van der Waals surface area contributed by atoms with Crippen molar-refractivity contribution in [3.63, 3.8) is 0 Å². The summed E-state index contributed by atoms with van der Waals surface area (Å²) in [6.45, 7) is 9.71. The average Bonchev–Trinajstić information content (AvgIpc) is 1.44. The number of para-hydroxylation sites is 1. The number of fused-ring (bicyclic) bond motifs is 7. The highest BCUT2D eigenvalue weighted by molar-refractivity contribution is 7.20. The van der Waals surface area contributed by atoms with Gasteiger partial charge in [-0.25, -0.2) is 0 Å². The second-order valence-corrected chi connectivity index (χ2v) is 33.2. The molecule has 0 N–H and O–H groups in total. The fraction of sp³-hybridized carbons (Fsp3) is 0.122. The molecule has 12 aromatic carbocycles. The van der Waals surface area contributed by atoms with Crippen molar-refractivity contribution in [2.45, 2.75) is 64.3 Å². The van der Waals surface area contributed by atoms with Gasteiger partial charge in [0.1, 0.15) is 0 Å². The average molecular weight is 1160 g/mol. The van der Waals surface area contributed by atoms with E-state index in [1.807, 2.05) is 0 Å². The molecule has 2 atom stereocenters. The van der Waals surface area contributed by atoms with E-state index < -0.39 is 16.1 Å². The molecule has 3 nitrogen and oxygen atoms in total. The summed E-state index contributed by atoms with van der Waals surface area (Å²) in [6, 6.07) is 117. The molecular weight excluding hydrogens is 1090 g/mol. The van der Waals surface area contributed by atoms with Crippen LogP contribution in [0.3, 0.4) is 0 Å². The third-order valence-corrected chi connectivity index (χ3v) is 30.6. The summed E-state index contributed by atoms with van der Waals surface area (Å²) >= 11 is 0. The van der Waals surface area contributed by atoms with Gasteiger partial charge in [-0.05, 0) is 152 Å². The van der Waals surface area contributed by atoms with E-state index in [1.54, 1.807) is 0 Å². The number of hydrogen-bond donors (Lipinski definition) is 0. The predicted octanol–water partition coefficient (Wildman–Crippen LogP) is 12.9. The third kappa shape index (κ3) is 8.01. The van der Waals surface area contributed by atoms with E-state index >= 15 is 0 Å². The Bertz CT molecular complexity index is 4190. The number of aryl methyl sites for hydroxylation is 2. The summed E-state index contributed by atoms with van der Waals surface area (Å²) in [5.41, 5.74) is 17.8. The molecule has 88 heavy (non-hydrogen) atoms. The van der Waals surface area contributed by atoms with Crippen LogP contribution in [0.4, 0.5) is 45.5 Å². The van der Waals surface area contributed by atoms with E-state index in [0.29, 0.717) is 0 Å². The zero-order chi connectivity index (χ0) is 59.2. The Balaban J connectivity index is 0.978. The molecule has 1 aliphatic carbocycles. The van der Waals surface area contributed by atoms with Gasteiger partial charge in [-0.2, -0.15) is 0 Å². The van der Waals surface area contributed by atoms with Crippen molar-refractivity contribution in [3.8, 4) is 0 Å². The van der Waals surface area contributed by atoms with Crippen LogP contribution in [0, 0.1) is 13.8 Å². The monoisotopic (exact) mass is 1160 g/mol. The van der Waals surface area contributed by atoms with Gasteiger partial charge in [-0.3, -0.25) is 0 Å². The lowest BCUT2D eigenvalue weighted by atomic mass is 9.33. The topological polar surface area (TPSA) is 9.72 Å². The van der Waals surface area contributed by atoms with E-state index in [0.717, 1.165) is 29.2 Å². The lowest BCUT2D eigenvalue weighted by Gasteiger charge is -2.53. The van der Waals surface area contributed by atoms with Gasteiger partial charge in [-0.1, -0.05) is 280 Å². The Labute approximate surface area is 522 Å². The minimum atomic E-state index is -2.87. The summed E-state index contributed by atoms with van der Waals surface area (Å²) in [4.78, 5) is 8.07. The molecule has 3 heterocycles. The van der Waals surface area contributed by atoms with Gasteiger partial charge < -0.3 is 14.7 Å². The second-order valence-electron chi connectivity index (χ2n) is 25.6. The van der Waals surface area contributed by atoms with E-state index in [-0.39, 0.29) is 17.7 Å². The third-order valence-electron chi connectivity index (χ3n) is 21.0. The first-order valence-electron chi connectivity index (χ1n) is 31.7. The van der Waals surface area contributed by atoms with E-state index in [2.05, 4.69) is 346 Å². The Morgan fingerprint density at radius 3 is 1.25 bits per heavy atom. The van der Waals surface area contributed by atoms with Crippen LogP contribution < -0.4 is 72.6 Å². The van der Waals surface area contributed by atoms with Crippen LogP contribution in [0.5, 0.6) is 0 Å². The van der Waals surface area contributed by atoms with Gasteiger partial charge in [0, 0.05) is 45.2 Å². The van der Waals surface area contributed by atoms with Crippen molar-refractivity contribution in [2.24, 2.45) is 0 Å². The number of hydrogen-bond acceptors (Lipinski definition) is 3. The molecule has 0 bridgehead atoms. The summed E-state index contributed by atoms with van der Waals surface area (Å²) in [7, 11) is -5.73. The lowest BCUT2D eigenvalue weighted by Crippen LogP contribution is -2.74. The fourth-order valence-electron chi connectivity index (χ4n) is 16.8. The van der Waals surface area contributed by atoms with E-state index in [4.69, 9.17) is 0 Å². The highest BCUT2D eigenvalue weighted by Gasteiger charge is 2.61. The zero-order valence-corrected chi connectivity index (χ0v) is 52.6. The van der Waals surface area contributed by atoms with Gasteiger partial charge in [0.2, 0.25) is 0 Å². The fourth-order valence-corrected chi connectivity index (χ4v) is 26.3. The highest BCUT2D eigenvalue weighted by Crippen LogP contribution is 2.62. The van der Waals surface area contributed by atoms with Gasteiger partial charge in [-0.15, -0.1) is 0 Å². The lowest BCUT2D eigenvalue weighted by molar-refractivity contribution is 0.195. The van der Waals surface area contributed by atoms with Gasteiger partial charge in [0.05, 0.1) is 11.2 Å². The molecule has 1 fully saturated rings. The van der Waals surface area contributed by atoms with Crippen LogP contribution in [0.1, 0.15) is 56.2 Å². The first kappa shape index (κ1) is 54.0. The van der Waals surface area contributed by atoms with Crippen LogP contribution >= 0.6 is 0 Å². The van der Waals surface area contributed by atoms with Gasteiger partial charge >= 0.3 is 0 Å². The minimum Gasteiger partial charge on any atom is -0.335 e. The van der Waals surface area contributed by atoms with Crippen LogP contribution in [-0.4, -0.2) is 28.4 Å². The SMILES string of the molecule is Cc1ccc(N2c3ccc(C)cc3B3c4cccc5c4N(c4cc(N(c6ccc([Si](c7ccccc7)(c7ccccc7)c7ccccc7)cc6)c6ccc([Si](c7ccccc7)(c7ccccc7)c7ccccc7)cc6)cc2c43)C2(C)CCCCC52C)cc1. The second kappa shape index (κ2) is 21.2. The van der Waals surface area contributed by atoms with Crippen molar-refractivity contribution < 1.29 is 0 Å². The Morgan fingerprint density at radius 2 is 0.784 bits per heavy atom.